The first-order chi connectivity index (χ1) is 8.67. The summed E-state index contributed by atoms with van der Waals surface area (Å²) in [7, 11) is 1.60. The first-order valence-corrected chi connectivity index (χ1v) is 7.19. The number of rotatable bonds is 8. The van der Waals surface area contributed by atoms with E-state index in [1.807, 2.05) is 30.5 Å². The number of carboxylic acid groups (broad SMARTS) is 1. The van der Waals surface area contributed by atoms with E-state index in [1.54, 1.807) is 18.9 Å². The average molecular weight is 269 g/mol. The number of thioether (sulfide) groups is 1. The van der Waals surface area contributed by atoms with Gasteiger partial charge in [-0.1, -0.05) is 0 Å². The Morgan fingerprint density at radius 2 is 2.11 bits per heavy atom. The van der Waals surface area contributed by atoms with Crippen LogP contribution in [0.4, 0.5) is 5.69 Å². The molecule has 5 heteroatoms. The number of hydrogen-bond acceptors (Lipinski definition) is 4. The predicted octanol–water partition coefficient (Wildman–Crippen LogP) is 2.70. The van der Waals surface area contributed by atoms with E-state index >= 15 is 0 Å². The molecular weight excluding hydrogens is 250 g/mol. The summed E-state index contributed by atoms with van der Waals surface area (Å²) >= 11 is 1.73. The maximum absolute atomic E-state index is 11.1. The molecular formula is C13H19NO3S. The number of ether oxygens (including phenoxy) is 1. The van der Waals surface area contributed by atoms with Crippen LogP contribution in [-0.2, 0) is 4.79 Å². The van der Waals surface area contributed by atoms with Crippen LogP contribution >= 0.6 is 11.8 Å². The zero-order valence-electron chi connectivity index (χ0n) is 10.7. The highest BCUT2D eigenvalue weighted by Gasteiger charge is 2.16. The molecule has 100 valence electrons. The van der Waals surface area contributed by atoms with Crippen molar-refractivity contribution in [3.63, 3.8) is 0 Å². The van der Waals surface area contributed by atoms with Crippen molar-refractivity contribution >= 4 is 23.4 Å². The molecule has 0 bridgehead atoms. The van der Waals surface area contributed by atoms with E-state index in [-0.39, 0.29) is 0 Å². The lowest BCUT2D eigenvalue weighted by Gasteiger charge is -2.15. The van der Waals surface area contributed by atoms with Crippen molar-refractivity contribution in [1.29, 1.82) is 0 Å². The topological polar surface area (TPSA) is 58.6 Å². The van der Waals surface area contributed by atoms with Gasteiger partial charge in [-0.25, -0.2) is 4.79 Å². The van der Waals surface area contributed by atoms with E-state index in [1.165, 1.54) is 0 Å². The smallest absolute Gasteiger partial charge is 0.326 e. The van der Waals surface area contributed by atoms with Gasteiger partial charge < -0.3 is 15.2 Å². The molecule has 0 saturated heterocycles. The molecule has 0 heterocycles. The van der Waals surface area contributed by atoms with Crippen molar-refractivity contribution in [3.05, 3.63) is 24.3 Å². The van der Waals surface area contributed by atoms with Crippen LogP contribution in [0.3, 0.4) is 0 Å². The molecule has 0 aliphatic rings. The van der Waals surface area contributed by atoms with E-state index in [9.17, 15) is 4.79 Å². The Labute approximate surface area is 112 Å². The zero-order valence-corrected chi connectivity index (χ0v) is 11.5. The lowest BCUT2D eigenvalue weighted by molar-refractivity contribution is -0.138. The van der Waals surface area contributed by atoms with Crippen molar-refractivity contribution in [2.75, 3.05) is 24.4 Å². The third kappa shape index (κ3) is 4.87. The first-order valence-electron chi connectivity index (χ1n) is 5.79. The number of benzene rings is 1. The molecule has 1 atom stereocenters. The molecule has 0 spiro atoms. The highest BCUT2D eigenvalue weighted by Crippen LogP contribution is 2.17. The summed E-state index contributed by atoms with van der Waals surface area (Å²) in [6.07, 6.45) is 3.54. The van der Waals surface area contributed by atoms with E-state index in [0.29, 0.717) is 6.42 Å². The predicted molar refractivity (Wildman–Crippen MR) is 75.7 cm³/mol. The Balaban J connectivity index is 2.56. The number of anilines is 1. The number of hydrogen-bond donors (Lipinski definition) is 2. The fourth-order valence-corrected chi connectivity index (χ4v) is 2.03. The van der Waals surface area contributed by atoms with Crippen molar-refractivity contribution in [2.45, 2.75) is 18.9 Å². The van der Waals surface area contributed by atoms with Gasteiger partial charge in [-0.2, -0.15) is 11.8 Å². The molecule has 1 rings (SSSR count). The van der Waals surface area contributed by atoms with Crippen LogP contribution in [-0.4, -0.2) is 36.2 Å². The molecule has 2 N–H and O–H groups in total. The fourth-order valence-electron chi connectivity index (χ4n) is 1.58. The minimum atomic E-state index is -0.813. The SMILES string of the molecule is COc1ccc(NC(CCCSC)C(=O)O)cc1. The fraction of sp³-hybridized carbons (Fsp3) is 0.462. The summed E-state index contributed by atoms with van der Waals surface area (Å²) in [6, 6.07) is 6.73. The third-order valence-corrected chi connectivity index (χ3v) is 3.27. The molecule has 0 aromatic heterocycles. The number of aliphatic carboxylic acids is 1. The minimum Gasteiger partial charge on any atom is -0.497 e. The molecule has 1 unspecified atom stereocenters. The molecule has 0 aliphatic carbocycles. The quantitative estimate of drug-likeness (QED) is 0.711. The summed E-state index contributed by atoms with van der Waals surface area (Å²) in [6.45, 7) is 0. The molecule has 0 amide bonds. The van der Waals surface area contributed by atoms with Gasteiger partial charge in [-0.3, -0.25) is 0 Å². The van der Waals surface area contributed by atoms with Gasteiger partial charge in [0.2, 0.25) is 0 Å². The maximum atomic E-state index is 11.1. The van der Waals surface area contributed by atoms with Crippen LogP contribution in [0.2, 0.25) is 0 Å². The van der Waals surface area contributed by atoms with Crippen molar-refractivity contribution < 1.29 is 14.6 Å². The van der Waals surface area contributed by atoms with Crippen molar-refractivity contribution in [3.8, 4) is 5.75 Å². The first kappa shape index (κ1) is 14.7. The second-order valence-corrected chi connectivity index (χ2v) is 4.88. The molecule has 18 heavy (non-hydrogen) atoms. The third-order valence-electron chi connectivity index (χ3n) is 2.57. The number of carbonyl (C=O) groups is 1. The maximum Gasteiger partial charge on any atom is 0.326 e. The van der Waals surface area contributed by atoms with Gasteiger partial charge >= 0.3 is 5.97 Å². The van der Waals surface area contributed by atoms with E-state index < -0.39 is 12.0 Å². The summed E-state index contributed by atoms with van der Waals surface area (Å²) in [5, 5.41) is 12.2. The molecule has 0 saturated carbocycles. The summed E-state index contributed by atoms with van der Waals surface area (Å²) in [4.78, 5) is 11.1. The Kier molecular flexibility index (Phi) is 6.43. The molecule has 0 fully saturated rings. The van der Waals surface area contributed by atoms with Gasteiger partial charge in [0.25, 0.3) is 0 Å². The molecule has 1 aromatic carbocycles. The van der Waals surface area contributed by atoms with Gasteiger partial charge in [0.05, 0.1) is 7.11 Å². The van der Waals surface area contributed by atoms with Crippen LogP contribution < -0.4 is 10.1 Å². The molecule has 0 radical (unpaired) electrons. The van der Waals surface area contributed by atoms with Crippen LogP contribution in [0.5, 0.6) is 5.75 Å². The summed E-state index contributed by atoms with van der Waals surface area (Å²) < 4.78 is 5.05. The standard InChI is InChI=1S/C13H19NO3S/c1-17-11-7-5-10(6-8-11)14-12(13(15)16)4-3-9-18-2/h5-8,12,14H,3-4,9H2,1-2H3,(H,15,16). The molecule has 1 aromatic rings. The summed E-state index contributed by atoms with van der Waals surface area (Å²) in [5.41, 5.74) is 0.798. The Hall–Kier alpha value is -1.36. The number of methoxy groups -OCH3 is 1. The second kappa shape index (κ2) is 7.87. The minimum absolute atomic E-state index is 0.537. The average Bonchev–Trinajstić information content (AvgIpc) is 2.38. The largest absolute Gasteiger partial charge is 0.497 e. The second-order valence-electron chi connectivity index (χ2n) is 3.90. The zero-order chi connectivity index (χ0) is 13.4. The van der Waals surface area contributed by atoms with Crippen LogP contribution in [0, 0.1) is 0 Å². The number of nitrogens with one attached hydrogen (secondary N) is 1. The Bertz CT molecular complexity index is 367. The monoisotopic (exact) mass is 269 g/mol. The Morgan fingerprint density at radius 3 is 2.61 bits per heavy atom. The van der Waals surface area contributed by atoms with Crippen LogP contribution in [0.15, 0.2) is 24.3 Å². The van der Waals surface area contributed by atoms with Gasteiger partial charge in [0.15, 0.2) is 0 Å². The van der Waals surface area contributed by atoms with Crippen LogP contribution in [0.1, 0.15) is 12.8 Å². The van der Waals surface area contributed by atoms with Gasteiger partial charge in [-0.05, 0) is 49.1 Å². The summed E-state index contributed by atoms with van der Waals surface area (Å²) in [5.74, 6) is 0.926. The van der Waals surface area contributed by atoms with Crippen LogP contribution in [0.25, 0.3) is 0 Å². The molecule has 0 aliphatic heterocycles. The van der Waals surface area contributed by atoms with E-state index in [4.69, 9.17) is 9.84 Å². The van der Waals surface area contributed by atoms with Crippen molar-refractivity contribution in [2.24, 2.45) is 0 Å². The van der Waals surface area contributed by atoms with Gasteiger partial charge in [-0.15, -0.1) is 0 Å². The van der Waals surface area contributed by atoms with E-state index in [0.717, 1.165) is 23.6 Å². The number of carboxylic acids is 1. The van der Waals surface area contributed by atoms with E-state index in [2.05, 4.69) is 5.32 Å². The highest BCUT2D eigenvalue weighted by molar-refractivity contribution is 7.98. The lowest BCUT2D eigenvalue weighted by Crippen LogP contribution is -2.29. The van der Waals surface area contributed by atoms with Gasteiger partial charge in [0, 0.05) is 5.69 Å². The normalized spacial score (nSPS) is 11.9. The lowest BCUT2D eigenvalue weighted by atomic mass is 10.1. The molecule has 4 nitrogen and oxygen atoms in total. The highest BCUT2D eigenvalue weighted by atomic mass is 32.2. The van der Waals surface area contributed by atoms with Crippen molar-refractivity contribution in [1.82, 2.24) is 0 Å². The van der Waals surface area contributed by atoms with Gasteiger partial charge in [0.1, 0.15) is 11.8 Å². The Morgan fingerprint density at radius 1 is 1.44 bits per heavy atom.